The van der Waals surface area contributed by atoms with Crippen molar-refractivity contribution in [1.29, 1.82) is 0 Å². The molecule has 2 atom stereocenters. The van der Waals surface area contributed by atoms with Gasteiger partial charge in [0.15, 0.2) is 5.69 Å². The first kappa shape index (κ1) is 19.7. The van der Waals surface area contributed by atoms with E-state index >= 15 is 0 Å². The third-order valence-corrected chi connectivity index (χ3v) is 5.16. The molecule has 0 radical (unpaired) electrons. The van der Waals surface area contributed by atoms with E-state index in [0.717, 1.165) is 5.56 Å². The van der Waals surface area contributed by atoms with Crippen molar-refractivity contribution in [2.75, 3.05) is 0 Å². The average molecular weight is 406 g/mol. The number of hydrogen-bond donors (Lipinski definition) is 2. The summed E-state index contributed by atoms with van der Waals surface area (Å²) in [5, 5.41) is 15.7. The van der Waals surface area contributed by atoms with E-state index in [1.54, 1.807) is 12.1 Å². The van der Waals surface area contributed by atoms with Gasteiger partial charge >= 0.3 is 5.97 Å². The van der Waals surface area contributed by atoms with Crippen LogP contribution in [0, 0.1) is 0 Å². The fourth-order valence-electron chi connectivity index (χ4n) is 3.34. The Morgan fingerprint density at radius 3 is 2.37 bits per heavy atom. The largest absolute Gasteiger partial charge is 0.484 e. The van der Waals surface area contributed by atoms with E-state index in [-0.39, 0.29) is 23.2 Å². The van der Waals surface area contributed by atoms with Crippen LogP contribution >= 0.6 is 0 Å². The molecule has 1 aliphatic rings. The molecule has 30 heavy (non-hydrogen) atoms. The first-order valence-corrected chi connectivity index (χ1v) is 9.82. The number of amides is 1. The zero-order valence-electron chi connectivity index (χ0n) is 16.4. The molecule has 7 nitrogen and oxygen atoms in total. The number of aromatic carboxylic acids is 1. The molecular weight excluding hydrogens is 384 g/mol. The molecule has 1 fully saturated rings. The molecule has 7 heteroatoms. The van der Waals surface area contributed by atoms with Crippen molar-refractivity contribution < 1.29 is 24.0 Å². The summed E-state index contributed by atoms with van der Waals surface area (Å²) in [5.41, 5.74) is 2.59. The Balaban J connectivity index is 1.56. The summed E-state index contributed by atoms with van der Waals surface area (Å²) in [4.78, 5) is 23.5. The highest BCUT2D eigenvalue weighted by Crippen LogP contribution is 2.40. The van der Waals surface area contributed by atoms with Crippen LogP contribution in [0.2, 0.25) is 0 Å². The molecule has 154 valence electrons. The number of hydrogen-bond acceptors (Lipinski definition) is 5. The molecule has 0 unspecified atom stereocenters. The number of rotatable bonds is 8. The van der Waals surface area contributed by atoms with E-state index in [1.165, 1.54) is 42.9 Å². The summed E-state index contributed by atoms with van der Waals surface area (Å²) in [7, 11) is 0. The number of nitrogens with one attached hydrogen (secondary N) is 1. The minimum atomic E-state index is -0.998. The van der Waals surface area contributed by atoms with Crippen LogP contribution in [0.3, 0.4) is 0 Å². The quantitative estimate of drug-likeness (QED) is 0.582. The number of carboxylic acid groups (broad SMARTS) is 1. The lowest BCUT2D eigenvalue weighted by Crippen LogP contribution is -2.39. The van der Waals surface area contributed by atoms with E-state index in [4.69, 9.17) is 14.4 Å². The first-order valence-electron chi connectivity index (χ1n) is 9.82. The van der Waals surface area contributed by atoms with Crippen LogP contribution in [0.4, 0.5) is 0 Å². The molecule has 2 N–H and O–H groups in total. The summed E-state index contributed by atoms with van der Waals surface area (Å²) >= 11 is 0. The van der Waals surface area contributed by atoms with Crippen LogP contribution in [-0.2, 0) is 0 Å². The zero-order chi connectivity index (χ0) is 21.1. The number of nitrogens with zero attached hydrogens (tertiary/aromatic N) is 1. The summed E-state index contributed by atoms with van der Waals surface area (Å²) < 4.78 is 10.9. The highest BCUT2D eigenvalue weighted by molar-refractivity contribution is 5.92. The second-order valence-electron chi connectivity index (χ2n) is 7.46. The minimum absolute atomic E-state index is 0.181. The zero-order valence-corrected chi connectivity index (χ0v) is 16.4. The standard InChI is InChI=1S/C23H22N2O5/c1-14(24-22(26)20-12-13-29-25-20)21(17-6-4-16(5-7-17)15-2-3-15)30-19-10-8-18(9-11-19)23(27)28/h4-15,21H,2-3H2,1H3,(H,24,26)(H,27,28)/t14-,21-/m0/s1. The maximum Gasteiger partial charge on any atom is 0.335 e. The Hall–Kier alpha value is -3.61. The van der Waals surface area contributed by atoms with Gasteiger partial charge in [0.05, 0.1) is 11.6 Å². The number of aromatic nitrogens is 1. The molecule has 1 saturated carbocycles. The molecular formula is C23H22N2O5. The van der Waals surface area contributed by atoms with E-state index in [9.17, 15) is 9.59 Å². The lowest BCUT2D eigenvalue weighted by molar-refractivity contribution is 0.0696. The molecule has 0 saturated heterocycles. The van der Waals surface area contributed by atoms with Crippen molar-refractivity contribution >= 4 is 11.9 Å². The molecule has 1 aromatic heterocycles. The van der Waals surface area contributed by atoms with Gasteiger partial charge in [0.25, 0.3) is 5.91 Å². The number of benzene rings is 2. The van der Waals surface area contributed by atoms with Crippen LogP contribution in [-0.4, -0.2) is 28.2 Å². The monoisotopic (exact) mass is 406 g/mol. The minimum Gasteiger partial charge on any atom is -0.484 e. The maximum absolute atomic E-state index is 12.4. The molecule has 1 heterocycles. The second kappa shape index (κ2) is 8.41. The normalized spacial score (nSPS) is 15.2. The van der Waals surface area contributed by atoms with Crippen LogP contribution < -0.4 is 10.1 Å². The molecule has 1 amide bonds. The number of ether oxygens (including phenoxy) is 1. The Bertz CT molecular complexity index is 1010. The Morgan fingerprint density at radius 1 is 1.10 bits per heavy atom. The van der Waals surface area contributed by atoms with E-state index in [0.29, 0.717) is 11.7 Å². The number of carbonyl (C=O) groups is 2. The Labute approximate surface area is 173 Å². The molecule has 0 aliphatic heterocycles. The van der Waals surface area contributed by atoms with Gasteiger partial charge in [-0.15, -0.1) is 0 Å². The Morgan fingerprint density at radius 2 is 1.80 bits per heavy atom. The van der Waals surface area contributed by atoms with Gasteiger partial charge in [0.2, 0.25) is 0 Å². The van der Waals surface area contributed by atoms with Crippen molar-refractivity contribution in [3.63, 3.8) is 0 Å². The summed E-state index contributed by atoms with van der Waals surface area (Å²) in [5.74, 6) is -0.201. The van der Waals surface area contributed by atoms with E-state index in [1.807, 2.05) is 19.1 Å². The van der Waals surface area contributed by atoms with Gasteiger partial charge in [0.1, 0.15) is 18.1 Å². The number of carboxylic acids is 1. The van der Waals surface area contributed by atoms with Gasteiger partial charge in [-0.3, -0.25) is 4.79 Å². The van der Waals surface area contributed by atoms with E-state index in [2.05, 4.69) is 22.6 Å². The molecule has 4 rings (SSSR count). The average Bonchev–Trinajstić information content (AvgIpc) is 3.45. The second-order valence-corrected chi connectivity index (χ2v) is 7.46. The van der Waals surface area contributed by atoms with Crippen molar-refractivity contribution in [3.8, 4) is 5.75 Å². The fraction of sp³-hybridized carbons (Fsp3) is 0.261. The topological polar surface area (TPSA) is 102 Å². The summed E-state index contributed by atoms with van der Waals surface area (Å²) in [6.45, 7) is 1.85. The number of carbonyl (C=O) groups excluding carboxylic acids is 1. The van der Waals surface area contributed by atoms with Gasteiger partial charge in [-0.05, 0) is 61.1 Å². The molecule has 0 spiro atoms. The van der Waals surface area contributed by atoms with Crippen LogP contribution in [0.5, 0.6) is 5.75 Å². The van der Waals surface area contributed by atoms with Crippen molar-refractivity contribution in [2.45, 2.75) is 37.8 Å². The summed E-state index contributed by atoms with van der Waals surface area (Å²) in [6.07, 6.45) is 3.30. The van der Waals surface area contributed by atoms with Gasteiger partial charge in [0, 0.05) is 6.07 Å². The van der Waals surface area contributed by atoms with Crippen molar-refractivity contribution in [1.82, 2.24) is 10.5 Å². The SMILES string of the molecule is C[C@H](NC(=O)c1ccon1)[C@H](Oc1ccc(C(=O)O)cc1)c1ccc(C2CC2)cc1. The lowest BCUT2D eigenvalue weighted by atomic mass is 10.00. The predicted octanol–water partition coefficient (Wildman–Crippen LogP) is 4.19. The van der Waals surface area contributed by atoms with Crippen LogP contribution in [0.25, 0.3) is 0 Å². The third-order valence-electron chi connectivity index (χ3n) is 5.16. The van der Waals surface area contributed by atoms with Crippen LogP contribution in [0.15, 0.2) is 65.4 Å². The van der Waals surface area contributed by atoms with Gasteiger partial charge < -0.3 is 19.7 Å². The van der Waals surface area contributed by atoms with Crippen LogP contribution in [0.1, 0.15) is 63.8 Å². The highest BCUT2D eigenvalue weighted by Gasteiger charge is 2.27. The summed E-state index contributed by atoms with van der Waals surface area (Å²) in [6, 6.07) is 15.5. The van der Waals surface area contributed by atoms with Gasteiger partial charge in [-0.2, -0.15) is 0 Å². The predicted molar refractivity (Wildman–Crippen MR) is 109 cm³/mol. The first-order chi connectivity index (χ1) is 14.5. The Kier molecular flexibility index (Phi) is 5.52. The third kappa shape index (κ3) is 4.51. The maximum atomic E-state index is 12.4. The van der Waals surface area contributed by atoms with Crippen molar-refractivity contribution in [2.24, 2.45) is 0 Å². The molecule has 1 aliphatic carbocycles. The van der Waals surface area contributed by atoms with Crippen molar-refractivity contribution in [3.05, 3.63) is 83.2 Å². The smallest absolute Gasteiger partial charge is 0.335 e. The lowest BCUT2D eigenvalue weighted by Gasteiger charge is -2.26. The highest BCUT2D eigenvalue weighted by atomic mass is 16.5. The molecule has 0 bridgehead atoms. The van der Waals surface area contributed by atoms with Gasteiger partial charge in [-0.25, -0.2) is 4.79 Å². The molecule has 3 aromatic rings. The molecule has 2 aromatic carbocycles. The fourth-order valence-corrected chi connectivity index (χ4v) is 3.34. The van der Waals surface area contributed by atoms with E-state index < -0.39 is 12.1 Å². The van der Waals surface area contributed by atoms with Gasteiger partial charge in [-0.1, -0.05) is 29.4 Å².